The molecule has 1 heterocycles. The zero-order valence-electron chi connectivity index (χ0n) is 11.7. The van der Waals surface area contributed by atoms with E-state index >= 15 is 0 Å². The fourth-order valence-corrected chi connectivity index (χ4v) is 1.93. The van der Waals surface area contributed by atoms with Gasteiger partial charge in [0.1, 0.15) is 22.8 Å². The highest BCUT2D eigenvalue weighted by Crippen LogP contribution is 2.38. The first-order valence-corrected chi connectivity index (χ1v) is 6.30. The van der Waals surface area contributed by atoms with Gasteiger partial charge in [-0.1, -0.05) is 12.1 Å². The summed E-state index contributed by atoms with van der Waals surface area (Å²) in [5.41, 5.74) is 0.358. The Balaban J connectivity index is 2.37. The Morgan fingerprint density at radius 3 is 2.26 bits per heavy atom. The lowest BCUT2D eigenvalue weighted by Gasteiger charge is -2.26. The molecule has 0 radical (unpaired) electrons. The van der Waals surface area contributed by atoms with Gasteiger partial charge in [0, 0.05) is 0 Å². The monoisotopic (exact) mass is 262 g/mol. The van der Waals surface area contributed by atoms with Gasteiger partial charge in [0.25, 0.3) is 0 Å². The Bertz CT molecular complexity index is 531. The Morgan fingerprint density at radius 2 is 1.79 bits per heavy atom. The number of rotatable bonds is 2. The van der Waals surface area contributed by atoms with Crippen LogP contribution in [-0.2, 0) is 4.74 Å². The molecule has 1 aromatic carbocycles. The molecule has 0 unspecified atom stereocenters. The maximum atomic E-state index is 12.9. The van der Waals surface area contributed by atoms with Crippen LogP contribution < -0.4 is 0 Å². The smallest absolute Gasteiger partial charge is 0.129 e. The summed E-state index contributed by atoms with van der Waals surface area (Å²) >= 11 is 0. The van der Waals surface area contributed by atoms with Gasteiger partial charge in [-0.15, -0.1) is 0 Å². The standard InChI is InChI=1S/C16H19FO2/c1-15(2,18)14-10-12(16(3,4)19-14)9-11-5-7-13(17)8-6-11/h5-10,18H,1-4H3/b12-9-. The van der Waals surface area contributed by atoms with E-state index in [0.29, 0.717) is 5.76 Å². The van der Waals surface area contributed by atoms with Crippen molar-refractivity contribution in [1.29, 1.82) is 0 Å². The van der Waals surface area contributed by atoms with Crippen LogP contribution in [0.2, 0.25) is 0 Å². The van der Waals surface area contributed by atoms with Crippen LogP contribution in [0.15, 0.2) is 41.7 Å². The van der Waals surface area contributed by atoms with E-state index in [0.717, 1.165) is 11.1 Å². The first kappa shape index (κ1) is 13.8. The number of benzene rings is 1. The predicted octanol–water partition coefficient (Wildman–Crippen LogP) is 3.67. The number of hydrogen-bond acceptors (Lipinski definition) is 2. The first-order valence-electron chi connectivity index (χ1n) is 6.30. The molecule has 0 amide bonds. The fourth-order valence-electron chi connectivity index (χ4n) is 1.93. The molecular weight excluding hydrogens is 243 g/mol. The van der Waals surface area contributed by atoms with E-state index in [9.17, 15) is 9.50 Å². The predicted molar refractivity (Wildman–Crippen MR) is 73.9 cm³/mol. The maximum Gasteiger partial charge on any atom is 0.129 e. The summed E-state index contributed by atoms with van der Waals surface area (Å²) in [5.74, 6) is 0.294. The molecule has 2 rings (SSSR count). The quantitative estimate of drug-likeness (QED) is 0.881. The maximum absolute atomic E-state index is 12.9. The van der Waals surface area contributed by atoms with Crippen molar-refractivity contribution < 1.29 is 14.2 Å². The average Bonchev–Trinajstić information content (AvgIpc) is 2.57. The van der Waals surface area contributed by atoms with Crippen LogP contribution in [0.3, 0.4) is 0 Å². The normalized spacial score (nSPS) is 20.3. The van der Waals surface area contributed by atoms with E-state index in [1.807, 2.05) is 26.0 Å². The zero-order valence-corrected chi connectivity index (χ0v) is 11.7. The van der Waals surface area contributed by atoms with Gasteiger partial charge < -0.3 is 9.84 Å². The molecule has 1 aliphatic rings. The van der Waals surface area contributed by atoms with Gasteiger partial charge in [0.15, 0.2) is 0 Å². The topological polar surface area (TPSA) is 29.5 Å². The molecule has 0 atom stereocenters. The van der Waals surface area contributed by atoms with Crippen LogP contribution >= 0.6 is 0 Å². The molecule has 3 heteroatoms. The molecule has 19 heavy (non-hydrogen) atoms. The minimum absolute atomic E-state index is 0.253. The summed E-state index contributed by atoms with van der Waals surface area (Å²) in [4.78, 5) is 0. The lowest BCUT2D eigenvalue weighted by Crippen LogP contribution is -2.27. The van der Waals surface area contributed by atoms with Gasteiger partial charge in [-0.05, 0) is 63.1 Å². The van der Waals surface area contributed by atoms with Crippen molar-refractivity contribution in [2.24, 2.45) is 0 Å². The summed E-state index contributed by atoms with van der Waals surface area (Å²) in [6, 6.07) is 6.29. The van der Waals surface area contributed by atoms with Crippen molar-refractivity contribution in [2.45, 2.75) is 38.9 Å². The molecule has 2 nitrogen and oxygen atoms in total. The minimum Gasteiger partial charge on any atom is -0.484 e. The second-order valence-electron chi connectivity index (χ2n) is 5.83. The summed E-state index contributed by atoms with van der Waals surface area (Å²) in [5, 5.41) is 10.00. The average molecular weight is 262 g/mol. The Hall–Kier alpha value is -1.61. The van der Waals surface area contributed by atoms with Crippen LogP contribution in [0.4, 0.5) is 4.39 Å². The van der Waals surface area contributed by atoms with Crippen LogP contribution in [0.1, 0.15) is 33.3 Å². The van der Waals surface area contributed by atoms with Gasteiger partial charge in [-0.25, -0.2) is 4.39 Å². The zero-order chi connectivity index (χ0) is 14.3. The SMILES string of the molecule is CC(C)(O)C1=C/C(=C/c2ccc(F)cc2)C(C)(C)O1. The lowest BCUT2D eigenvalue weighted by molar-refractivity contribution is -0.00103. The second-order valence-corrected chi connectivity index (χ2v) is 5.83. The van der Waals surface area contributed by atoms with Crippen molar-refractivity contribution in [1.82, 2.24) is 0 Å². The van der Waals surface area contributed by atoms with E-state index < -0.39 is 11.2 Å². The number of hydrogen-bond donors (Lipinski definition) is 1. The summed E-state index contributed by atoms with van der Waals surface area (Å²) in [6.45, 7) is 7.26. The highest BCUT2D eigenvalue weighted by molar-refractivity contribution is 5.60. The molecular formula is C16H19FO2. The molecule has 0 fully saturated rings. The summed E-state index contributed by atoms with van der Waals surface area (Å²) < 4.78 is 18.7. The second kappa shape index (κ2) is 4.49. The first-order chi connectivity index (χ1) is 8.68. The molecule has 0 aliphatic carbocycles. The number of ether oxygens (including phenoxy) is 1. The van der Waals surface area contributed by atoms with Crippen LogP contribution in [0.25, 0.3) is 6.08 Å². The van der Waals surface area contributed by atoms with Crippen LogP contribution in [0.5, 0.6) is 0 Å². The van der Waals surface area contributed by atoms with E-state index in [2.05, 4.69) is 0 Å². The molecule has 0 spiro atoms. The van der Waals surface area contributed by atoms with E-state index in [1.54, 1.807) is 26.0 Å². The molecule has 0 bridgehead atoms. The highest BCUT2D eigenvalue weighted by Gasteiger charge is 2.37. The summed E-state index contributed by atoms with van der Waals surface area (Å²) in [7, 11) is 0. The molecule has 1 aliphatic heterocycles. The minimum atomic E-state index is -1.00. The van der Waals surface area contributed by atoms with E-state index in [4.69, 9.17) is 4.74 Å². The van der Waals surface area contributed by atoms with Gasteiger partial charge in [0.05, 0.1) is 0 Å². The molecule has 1 N–H and O–H groups in total. The fraction of sp³-hybridized carbons (Fsp3) is 0.375. The summed E-state index contributed by atoms with van der Waals surface area (Å²) in [6.07, 6.45) is 3.79. The van der Waals surface area contributed by atoms with Gasteiger partial charge in [-0.2, -0.15) is 0 Å². The van der Waals surface area contributed by atoms with Gasteiger partial charge in [-0.3, -0.25) is 0 Å². The Kier molecular flexibility index (Phi) is 3.27. The van der Waals surface area contributed by atoms with Crippen molar-refractivity contribution in [2.75, 3.05) is 0 Å². The molecule has 102 valence electrons. The molecule has 1 aromatic rings. The Morgan fingerprint density at radius 1 is 1.21 bits per heavy atom. The van der Waals surface area contributed by atoms with Gasteiger partial charge in [0.2, 0.25) is 0 Å². The van der Waals surface area contributed by atoms with E-state index in [-0.39, 0.29) is 5.82 Å². The highest BCUT2D eigenvalue weighted by atomic mass is 19.1. The third-order valence-corrected chi connectivity index (χ3v) is 3.14. The lowest BCUT2D eigenvalue weighted by atomic mass is 9.96. The van der Waals surface area contributed by atoms with Crippen LogP contribution in [0, 0.1) is 5.82 Å². The van der Waals surface area contributed by atoms with Gasteiger partial charge >= 0.3 is 0 Å². The third kappa shape index (κ3) is 3.04. The molecule has 0 saturated heterocycles. The van der Waals surface area contributed by atoms with E-state index in [1.165, 1.54) is 12.1 Å². The van der Waals surface area contributed by atoms with Crippen LogP contribution in [-0.4, -0.2) is 16.3 Å². The largest absolute Gasteiger partial charge is 0.484 e. The number of halogens is 1. The van der Waals surface area contributed by atoms with Crippen molar-refractivity contribution in [3.8, 4) is 0 Å². The molecule has 0 saturated carbocycles. The molecule has 0 aromatic heterocycles. The number of aliphatic hydroxyl groups is 1. The third-order valence-electron chi connectivity index (χ3n) is 3.14. The van der Waals surface area contributed by atoms with Crippen molar-refractivity contribution in [3.05, 3.63) is 53.1 Å². The Labute approximate surface area is 113 Å². The van der Waals surface area contributed by atoms with Crippen molar-refractivity contribution >= 4 is 6.08 Å². The van der Waals surface area contributed by atoms with Crippen molar-refractivity contribution in [3.63, 3.8) is 0 Å².